The van der Waals surface area contributed by atoms with Gasteiger partial charge in [-0.05, 0) is 26.7 Å². The number of aliphatic hydroxyl groups is 1. The van der Waals surface area contributed by atoms with Crippen LogP contribution in [-0.2, 0) is 47.5 Å². The number of carbonyl (C=O) groups is 3. The summed E-state index contributed by atoms with van der Waals surface area (Å²) >= 11 is 0. The number of hydrogen-bond donors (Lipinski definition) is 1. The van der Waals surface area contributed by atoms with Crippen LogP contribution in [0.1, 0.15) is 52.4 Å². The molecule has 3 aliphatic rings. The van der Waals surface area contributed by atoms with Crippen LogP contribution >= 0.6 is 0 Å². The summed E-state index contributed by atoms with van der Waals surface area (Å²) in [5.41, 5.74) is 0. The average Bonchev–Trinajstić information content (AvgIpc) is 3.52. The first-order valence-corrected chi connectivity index (χ1v) is 11.1. The van der Waals surface area contributed by atoms with Crippen molar-refractivity contribution >= 4 is 17.7 Å². The second kappa shape index (κ2) is 15.3. The Balaban J connectivity index is 0.000000273. The van der Waals surface area contributed by atoms with Crippen LogP contribution in [0.25, 0.3) is 0 Å². The Bertz CT molecular complexity index is 584. The molecular weight excluding hydrogens is 440 g/mol. The van der Waals surface area contributed by atoms with Gasteiger partial charge in [0.25, 0.3) is 0 Å². The molecule has 3 aliphatic heterocycles. The number of carbonyl (C=O) groups excluding carboxylic acids is 3. The maximum Gasteiger partial charge on any atom is 0.313 e. The van der Waals surface area contributed by atoms with Crippen LogP contribution < -0.4 is 0 Å². The third kappa shape index (κ3) is 13.0. The molecule has 0 bridgehead atoms. The highest BCUT2D eigenvalue weighted by atomic mass is 16.7. The van der Waals surface area contributed by atoms with E-state index in [2.05, 4.69) is 9.47 Å². The van der Waals surface area contributed by atoms with Crippen LogP contribution in [0, 0.1) is 0 Å². The van der Waals surface area contributed by atoms with Gasteiger partial charge in [0.15, 0.2) is 11.6 Å². The zero-order valence-corrected chi connectivity index (χ0v) is 20.1. The molecule has 0 saturated carbocycles. The highest BCUT2D eigenvalue weighted by molar-refractivity contribution is 5.95. The topological polar surface area (TPSA) is 136 Å². The fourth-order valence-electron chi connectivity index (χ4n) is 3.27. The second-order valence-electron chi connectivity index (χ2n) is 8.09. The molecule has 192 valence electrons. The van der Waals surface area contributed by atoms with Gasteiger partial charge in [0, 0.05) is 19.6 Å². The van der Waals surface area contributed by atoms with Crippen molar-refractivity contribution in [2.24, 2.45) is 0 Å². The van der Waals surface area contributed by atoms with Crippen LogP contribution in [0.15, 0.2) is 0 Å². The van der Waals surface area contributed by atoms with Gasteiger partial charge in [0.1, 0.15) is 12.2 Å². The van der Waals surface area contributed by atoms with Crippen molar-refractivity contribution in [1.29, 1.82) is 0 Å². The molecule has 0 radical (unpaired) electrons. The fraction of sp³-hybridized carbons (Fsp3) is 0.864. The van der Waals surface area contributed by atoms with Gasteiger partial charge in [0.05, 0.1) is 59.6 Å². The number of esters is 2. The average molecular weight is 479 g/mol. The fourth-order valence-corrected chi connectivity index (χ4v) is 3.27. The van der Waals surface area contributed by atoms with E-state index in [1.807, 2.05) is 0 Å². The van der Waals surface area contributed by atoms with Gasteiger partial charge < -0.3 is 38.3 Å². The van der Waals surface area contributed by atoms with Crippen molar-refractivity contribution in [2.45, 2.75) is 70.1 Å². The predicted molar refractivity (Wildman–Crippen MR) is 114 cm³/mol. The Hall–Kier alpha value is -1.63. The minimum absolute atomic E-state index is 0.0290. The molecule has 11 heteroatoms. The molecule has 1 atom stereocenters. The number of methoxy groups -OCH3 is 2. The predicted octanol–water partition coefficient (Wildman–Crippen LogP) is 1.13. The van der Waals surface area contributed by atoms with E-state index in [1.165, 1.54) is 27.1 Å². The number of ketones is 1. The molecule has 3 saturated heterocycles. The van der Waals surface area contributed by atoms with Crippen molar-refractivity contribution in [1.82, 2.24) is 0 Å². The van der Waals surface area contributed by atoms with Gasteiger partial charge in [-0.2, -0.15) is 0 Å². The summed E-state index contributed by atoms with van der Waals surface area (Å²) in [7, 11) is 2.54. The van der Waals surface area contributed by atoms with E-state index in [1.54, 1.807) is 13.8 Å². The van der Waals surface area contributed by atoms with E-state index >= 15 is 0 Å². The molecule has 33 heavy (non-hydrogen) atoms. The molecular formula is C22H38O11. The summed E-state index contributed by atoms with van der Waals surface area (Å²) in [6.45, 7) is 7.47. The lowest BCUT2D eigenvalue weighted by atomic mass is 10.1. The first-order chi connectivity index (χ1) is 15.6. The first-order valence-electron chi connectivity index (χ1n) is 11.1. The standard InChI is InChI=1S/C9H16O5.C9H14O5.C4H8O/c2*1-9(13-3-4-14-9)6-7(10)5-8(11)12-2;1-2-4-5-3-1/h7,10H,3-6H2,1-2H3;3-6H2,1-2H3;1-4H2/t7-;;/m0../s1. The number of hydrogen-bond acceptors (Lipinski definition) is 11. The highest BCUT2D eigenvalue weighted by Gasteiger charge is 2.34. The summed E-state index contributed by atoms with van der Waals surface area (Å²) in [6.07, 6.45) is 1.88. The molecule has 0 aromatic carbocycles. The van der Waals surface area contributed by atoms with Crippen LogP contribution in [0.3, 0.4) is 0 Å². The summed E-state index contributed by atoms with van der Waals surface area (Å²) < 4.78 is 34.8. The molecule has 0 aromatic rings. The lowest BCUT2D eigenvalue weighted by molar-refractivity contribution is -0.167. The number of Topliss-reactive ketones (excluding diaryl/α,β-unsaturated/α-hetero) is 1. The summed E-state index contributed by atoms with van der Waals surface area (Å²) in [6, 6.07) is 0. The van der Waals surface area contributed by atoms with Crippen molar-refractivity contribution in [3.05, 3.63) is 0 Å². The smallest absolute Gasteiger partial charge is 0.313 e. The normalized spacial score (nSPS) is 21.1. The van der Waals surface area contributed by atoms with Crippen LogP contribution in [0.4, 0.5) is 0 Å². The van der Waals surface area contributed by atoms with Crippen LogP contribution in [0.5, 0.6) is 0 Å². The lowest BCUT2D eigenvalue weighted by Crippen LogP contribution is -2.32. The van der Waals surface area contributed by atoms with Gasteiger partial charge >= 0.3 is 11.9 Å². The van der Waals surface area contributed by atoms with Crippen molar-refractivity contribution < 1.29 is 52.6 Å². The molecule has 11 nitrogen and oxygen atoms in total. The van der Waals surface area contributed by atoms with Gasteiger partial charge in [-0.3, -0.25) is 14.4 Å². The molecule has 3 rings (SSSR count). The molecule has 0 spiro atoms. The Kier molecular flexibility index (Phi) is 13.6. The van der Waals surface area contributed by atoms with E-state index in [9.17, 15) is 19.5 Å². The Morgan fingerprint density at radius 3 is 1.73 bits per heavy atom. The van der Waals surface area contributed by atoms with Gasteiger partial charge in [-0.15, -0.1) is 0 Å². The van der Waals surface area contributed by atoms with E-state index in [4.69, 9.17) is 23.7 Å². The minimum atomic E-state index is -0.856. The van der Waals surface area contributed by atoms with E-state index < -0.39 is 29.6 Å². The molecule has 0 unspecified atom stereocenters. The molecule has 3 fully saturated rings. The maximum atomic E-state index is 11.3. The minimum Gasteiger partial charge on any atom is -0.469 e. The van der Waals surface area contributed by atoms with Crippen molar-refractivity contribution in [3.63, 3.8) is 0 Å². The molecule has 0 amide bonds. The summed E-state index contributed by atoms with van der Waals surface area (Å²) in [5, 5.41) is 9.52. The molecule has 0 aliphatic carbocycles. The Morgan fingerprint density at radius 1 is 0.818 bits per heavy atom. The Morgan fingerprint density at radius 2 is 1.30 bits per heavy atom. The zero-order valence-electron chi connectivity index (χ0n) is 20.1. The molecule has 3 heterocycles. The van der Waals surface area contributed by atoms with Crippen molar-refractivity contribution in [2.75, 3.05) is 53.9 Å². The SMILES string of the molecule is C1CCOC1.COC(=O)CC(=O)CC1(C)OCCO1.COC(=O)C[C@H](O)CC1(C)OCCO1. The summed E-state index contributed by atoms with van der Waals surface area (Å²) in [5.74, 6) is -2.81. The number of ether oxygens (including phenoxy) is 7. The Labute approximate surface area is 194 Å². The van der Waals surface area contributed by atoms with Crippen LogP contribution in [0.2, 0.25) is 0 Å². The van der Waals surface area contributed by atoms with Gasteiger partial charge in [-0.25, -0.2) is 0 Å². The van der Waals surface area contributed by atoms with E-state index in [-0.39, 0.29) is 31.5 Å². The maximum absolute atomic E-state index is 11.3. The number of rotatable bonds is 8. The monoisotopic (exact) mass is 478 g/mol. The van der Waals surface area contributed by atoms with Gasteiger partial charge in [0.2, 0.25) is 0 Å². The highest BCUT2D eigenvalue weighted by Crippen LogP contribution is 2.25. The summed E-state index contributed by atoms with van der Waals surface area (Å²) in [4.78, 5) is 32.9. The second-order valence-corrected chi connectivity index (χ2v) is 8.09. The van der Waals surface area contributed by atoms with E-state index in [0.717, 1.165) is 13.2 Å². The third-order valence-electron chi connectivity index (χ3n) is 4.95. The lowest BCUT2D eigenvalue weighted by Gasteiger charge is -2.24. The van der Waals surface area contributed by atoms with Crippen molar-refractivity contribution in [3.8, 4) is 0 Å². The van der Waals surface area contributed by atoms with Crippen LogP contribution in [-0.4, -0.2) is 94.4 Å². The number of aliphatic hydroxyl groups excluding tert-OH is 1. The zero-order chi connectivity index (χ0) is 24.7. The molecule has 1 N–H and O–H groups in total. The van der Waals surface area contributed by atoms with Gasteiger partial charge in [-0.1, -0.05) is 0 Å². The van der Waals surface area contributed by atoms with E-state index in [0.29, 0.717) is 26.4 Å². The third-order valence-corrected chi connectivity index (χ3v) is 4.95. The molecule has 0 aromatic heterocycles. The first kappa shape index (κ1) is 29.4. The largest absolute Gasteiger partial charge is 0.469 e. The quantitative estimate of drug-likeness (QED) is 0.397.